The number of nitrogens with zero attached hydrogens (tertiary/aromatic N) is 2. The van der Waals surface area contributed by atoms with Gasteiger partial charge in [0.25, 0.3) is 0 Å². The molecule has 0 spiro atoms. The second-order valence-electron chi connectivity index (χ2n) is 3.26. The molecule has 0 saturated heterocycles. The van der Waals surface area contributed by atoms with Crippen molar-refractivity contribution in [3.63, 3.8) is 0 Å². The minimum atomic E-state index is -0.957. The number of carboxylic acid groups (broad SMARTS) is 1. The third-order valence-electron chi connectivity index (χ3n) is 2.02. The van der Waals surface area contributed by atoms with Crippen LogP contribution in [0.2, 0.25) is 0 Å². The molecule has 0 aromatic heterocycles. The van der Waals surface area contributed by atoms with Crippen LogP contribution in [-0.4, -0.2) is 32.3 Å². The number of anilines is 2. The van der Waals surface area contributed by atoms with Crippen LogP contribution >= 0.6 is 0 Å². The van der Waals surface area contributed by atoms with E-state index in [4.69, 9.17) is 5.11 Å². The van der Waals surface area contributed by atoms with Crippen molar-refractivity contribution in [3.05, 3.63) is 24.3 Å². The normalized spacial score (nSPS) is 9.64. The first-order valence-electron chi connectivity index (χ1n) is 4.26. The van der Waals surface area contributed by atoms with Crippen LogP contribution in [0.3, 0.4) is 0 Å². The van der Waals surface area contributed by atoms with Gasteiger partial charge in [0, 0.05) is 32.5 Å². The van der Waals surface area contributed by atoms with Crippen molar-refractivity contribution in [3.8, 4) is 0 Å². The number of carbonyl (C=O) groups is 1. The minimum Gasteiger partial charge on any atom is -0.465 e. The topological polar surface area (TPSA) is 43.8 Å². The monoisotopic (exact) mass is 194 g/mol. The van der Waals surface area contributed by atoms with Crippen molar-refractivity contribution in [1.82, 2.24) is 0 Å². The Balaban J connectivity index is 2.99. The smallest absolute Gasteiger partial charge is 0.411 e. The summed E-state index contributed by atoms with van der Waals surface area (Å²) in [5, 5.41) is 8.78. The Morgan fingerprint density at radius 2 is 1.79 bits per heavy atom. The van der Waals surface area contributed by atoms with E-state index in [1.165, 1.54) is 11.9 Å². The van der Waals surface area contributed by atoms with Crippen LogP contribution in [0.1, 0.15) is 0 Å². The molecule has 0 radical (unpaired) electrons. The summed E-state index contributed by atoms with van der Waals surface area (Å²) >= 11 is 0. The fourth-order valence-electron chi connectivity index (χ4n) is 1.09. The molecule has 0 heterocycles. The summed E-state index contributed by atoms with van der Waals surface area (Å²) in [6, 6.07) is 7.36. The largest absolute Gasteiger partial charge is 0.465 e. The summed E-state index contributed by atoms with van der Waals surface area (Å²) in [5.41, 5.74) is 1.65. The predicted molar refractivity (Wildman–Crippen MR) is 57.2 cm³/mol. The summed E-state index contributed by atoms with van der Waals surface area (Å²) in [6.07, 6.45) is -0.957. The van der Waals surface area contributed by atoms with Gasteiger partial charge in [-0.25, -0.2) is 4.79 Å². The lowest BCUT2D eigenvalue weighted by Crippen LogP contribution is -2.24. The van der Waals surface area contributed by atoms with Crippen LogP contribution in [0.5, 0.6) is 0 Å². The van der Waals surface area contributed by atoms with Gasteiger partial charge in [-0.3, -0.25) is 4.90 Å². The van der Waals surface area contributed by atoms with Crippen LogP contribution < -0.4 is 9.80 Å². The van der Waals surface area contributed by atoms with E-state index >= 15 is 0 Å². The van der Waals surface area contributed by atoms with Gasteiger partial charge in [0.2, 0.25) is 0 Å². The highest BCUT2D eigenvalue weighted by Crippen LogP contribution is 2.19. The Labute approximate surface area is 83.4 Å². The lowest BCUT2D eigenvalue weighted by atomic mass is 10.2. The number of rotatable bonds is 2. The molecule has 0 atom stereocenters. The van der Waals surface area contributed by atoms with Gasteiger partial charge < -0.3 is 10.0 Å². The highest BCUT2D eigenvalue weighted by atomic mass is 16.4. The molecule has 14 heavy (non-hydrogen) atoms. The van der Waals surface area contributed by atoms with Gasteiger partial charge in [-0.15, -0.1) is 0 Å². The van der Waals surface area contributed by atoms with Crippen molar-refractivity contribution < 1.29 is 9.90 Å². The fraction of sp³-hybridized carbons (Fsp3) is 0.300. The average molecular weight is 194 g/mol. The molecule has 0 aliphatic carbocycles. The molecular weight excluding hydrogens is 180 g/mol. The molecule has 0 fully saturated rings. The summed E-state index contributed by atoms with van der Waals surface area (Å²) in [5.74, 6) is 0. The van der Waals surface area contributed by atoms with Crippen molar-refractivity contribution in [2.75, 3.05) is 30.9 Å². The molecular formula is C10H14N2O2. The predicted octanol–water partition coefficient (Wildman–Crippen LogP) is 1.87. The van der Waals surface area contributed by atoms with Gasteiger partial charge in [-0.05, 0) is 18.2 Å². The summed E-state index contributed by atoms with van der Waals surface area (Å²) in [6.45, 7) is 0. The van der Waals surface area contributed by atoms with Gasteiger partial charge in [0.15, 0.2) is 0 Å². The third-order valence-corrected chi connectivity index (χ3v) is 2.02. The Morgan fingerprint density at radius 3 is 2.29 bits per heavy atom. The van der Waals surface area contributed by atoms with Gasteiger partial charge in [-0.1, -0.05) is 6.07 Å². The second-order valence-corrected chi connectivity index (χ2v) is 3.26. The molecule has 1 rings (SSSR count). The number of hydrogen-bond donors (Lipinski definition) is 1. The lowest BCUT2D eigenvalue weighted by molar-refractivity contribution is 0.203. The quantitative estimate of drug-likeness (QED) is 0.781. The molecule has 0 saturated carbocycles. The molecule has 1 aromatic rings. The maximum atomic E-state index is 10.7. The average Bonchev–Trinajstić information content (AvgIpc) is 2.16. The fourth-order valence-corrected chi connectivity index (χ4v) is 1.09. The Bertz CT molecular complexity index is 337. The minimum absolute atomic E-state index is 0.670. The van der Waals surface area contributed by atoms with E-state index in [1.54, 1.807) is 6.07 Å². The summed E-state index contributed by atoms with van der Waals surface area (Å²) in [4.78, 5) is 13.8. The standard InChI is InChI=1S/C10H14N2O2/c1-11(2)8-5-4-6-9(7-8)12(3)10(13)14/h4-7H,1-3H3,(H,13,14). The molecule has 1 aromatic carbocycles. The van der Waals surface area contributed by atoms with E-state index in [1.807, 2.05) is 37.2 Å². The first-order valence-corrected chi connectivity index (χ1v) is 4.26. The number of benzene rings is 1. The third kappa shape index (κ3) is 2.16. The first-order chi connectivity index (χ1) is 6.52. The molecule has 0 aliphatic rings. The van der Waals surface area contributed by atoms with Crippen molar-refractivity contribution in [2.45, 2.75) is 0 Å². The highest BCUT2D eigenvalue weighted by molar-refractivity contribution is 5.86. The zero-order chi connectivity index (χ0) is 10.7. The Hall–Kier alpha value is -1.71. The molecule has 76 valence electrons. The van der Waals surface area contributed by atoms with E-state index in [0.717, 1.165) is 5.69 Å². The zero-order valence-corrected chi connectivity index (χ0v) is 8.56. The van der Waals surface area contributed by atoms with Crippen LogP contribution in [0.25, 0.3) is 0 Å². The van der Waals surface area contributed by atoms with Crippen LogP contribution in [0.15, 0.2) is 24.3 Å². The van der Waals surface area contributed by atoms with Crippen LogP contribution in [0, 0.1) is 0 Å². The molecule has 0 aliphatic heterocycles. The van der Waals surface area contributed by atoms with Crippen LogP contribution in [-0.2, 0) is 0 Å². The van der Waals surface area contributed by atoms with Gasteiger partial charge in [-0.2, -0.15) is 0 Å². The second kappa shape index (κ2) is 4.00. The van der Waals surface area contributed by atoms with Gasteiger partial charge >= 0.3 is 6.09 Å². The molecule has 4 heteroatoms. The molecule has 4 nitrogen and oxygen atoms in total. The Morgan fingerprint density at radius 1 is 1.21 bits per heavy atom. The molecule has 1 N–H and O–H groups in total. The molecule has 1 amide bonds. The number of amides is 1. The maximum Gasteiger partial charge on any atom is 0.411 e. The van der Waals surface area contributed by atoms with E-state index in [0.29, 0.717) is 5.69 Å². The summed E-state index contributed by atoms with van der Waals surface area (Å²) in [7, 11) is 5.36. The SMILES string of the molecule is CN(C)c1cccc(N(C)C(=O)O)c1. The van der Waals surface area contributed by atoms with Crippen molar-refractivity contribution in [2.24, 2.45) is 0 Å². The van der Waals surface area contributed by atoms with Gasteiger partial charge in [0.1, 0.15) is 0 Å². The van der Waals surface area contributed by atoms with Gasteiger partial charge in [0.05, 0.1) is 0 Å². The summed E-state index contributed by atoms with van der Waals surface area (Å²) < 4.78 is 0. The highest BCUT2D eigenvalue weighted by Gasteiger charge is 2.08. The lowest BCUT2D eigenvalue weighted by Gasteiger charge is -2.17. The van der Waals surface area contributed by atoms with E-state index in [9.17, 15) is 4.79 Å². The Kier molecular flexibility index (Phi) is 2.96. The van der Waals surface area contributed by atoms with Crippen LogP contribution in [0.4, 0.5) is 16.2 Å². The maximum absolute atomic E-state index is 10.7. The van der Waals surface area contributed by atoms with E-state index in [-0.39, 0.29) is 0 Å². The van der Waals surface area contributed by atoms with Crippen molar-refractivity contribution in [1.29, 1.82) is 0 Å². The van der Waals surface area contributed by atoms with E-state index in [2.05, 4.69) is 0 Å². The molecule has 0 unspecified atom stereocenters. The molecule has 0 bridgehead atoms. The number of hydrogen-bond acceptors (Lipinski definition) is 2. The zero-order valence-electron chi connectivity index (χ0n) is 8.56. The first kappa shape index (κ1) is 10.4. The van der Waals surface area contributed by atoms with Crippen molar-refractivity contribution >= 4 is 17.5 Å². The van der Waals surface area contributed by atoms with E-state index < -0.39 is 6.09 Å².